The highest BCUT2D eigenvalue weighted by Gasteiger charge is 2.15. The predicted molar refractivity (Wildman–Crippen MR) is 88.8 cm³/mol. The van der Waals surface area contributed by atoms with Crippen molar-refractivity contribution in [2.24, 2.45) is 5.73 Å². The summed E-state index contributed by atoms with van der Waals surface area (Å²) in [6.45, 7) is 6.67. The molecule has 0 saturated heterocycles. The first kappa shape index (κ1) is 14.3. The summed E-state index contributed by atoms with van der Waals surface area (Å²) in [7, 11) is 0. The van der Waals surface area contributed by atoms with Crippen molar-refractivity contribution in [2.75, 3.05) is 0 Å². The van der Waals surface area contributed by atoms with Crippen LogP contribution >= 0.6 is 11.3 Å². The summed E-state index contributed by atoms with van der Waals surface area (Å²) in [6, 6.07) is 8.64. The van der Waals surface area contributed by atoms with Gasteiger partial charge in [-0.2, -0.15) is 0 Å². The quantitative estimate of drug-likeness (QED) is 0.796. The Morgan fingerprint density at radius 2 is 1.95 bits per heavy atom. The third-order valence-electron chi connectivity index (χ3n) is 3.78. The lowest BCUT2D eigenvalue weighted by atomic mass is 9.86. The highest BCUT2D eigenvalue weighted by molar-refractivity contribution is 7.15. The number of hydrogen-bond acceptors (Lipinski definition) is 3. The van der Waals surface area contributed by atoms with Crippen LogP contribution in [0.3, 0.4) is 0 Å². The first-order valence-corrected chi connectivity index (χ1v) is 8.08. The van der Waals surface area contributed by atoms with Crippen LogP contribution in [0.4, 0.5) is 0 Å². The molecule has 3 rings (SSSR count). The highest BCUT2D eigenvalue weighted by Crippen LogP contribution is 2.24. The maximum absolute atomic E-state index is 6.33. The number of thiazole rings is 1. The lowest BCUT2D eigenvalue weighted by Crippen LogP contribution is -2.15. The number of benzene rings is 1. The summed E-state index contributed by atoms with van der Waals surface area (Å²) in [4.78, 5) is 5.62. The van der Waals surface area contributed by atoms with Crippen molar-refractivity contribution in [1.29, 1.82) is 0 Å². The molecule has 0 aliphatic heterocycles. The third kappa shape index (κ3) is 3.01. The Hall–Kier alpha value is -1.65. The molecule has 2 aromatic heterocycles. The SMILES string of the molecule is CC(C)(C)c1ccc(C(N)Cc2cn3ccsc3n2)cc1. The number of imidazole rings is 1. The van der Waals surface area contributed by atoms with Crippen molar-refractivity contribution in [3.8, 4) is 0 Å². The van der Waals surface area contributed by atoms with Gasteiger partial charge >= 0.3 is 0 Å². The lowest BCUT2D eigenvalue weighted by Gasteiger charge is -2.20. The largest absolute Gasteiger partial charge is 0.324 e. The smallest absolute Gasteiger partial charge is 0.193 e. The van der Waals surface area contributed by atoms with Gasteiger partial charge in [-0.25, -0.2) is 4.98 Å². The molecule has 0 aliphatic carbocycles. The first-order valence-electron chi connectivity index (χ1n) is 7.20. The van der Waals surface area contributed by atoms with Crippen LogP contribution in [0, 0.1) is 0 Å². The van der Waals surface area contributed by atoms with E-state index in [2.05, 4.69) is 60.6 Å². The van der Waals surface area contributed by atoms with E-state index in [0.29, 0.717) is 0 Å². The van der Waals surface area contributed by atoms with Crippen molar-refractivity contribution in [3.05, 3.63) is 58.9 Å². The molecule has 0 saturated carbocycles. The minimum absolute atomic E-state index is 0.0105. The van der Waals surface area contributed by atoms with E-state index in [0.717, 1.165) is 17.1 Å². The van der Waals surface area contributed by atoms with E-state index in [1.54, 1.807) is 11.3 Å². The number of fused-ring (bicyclic) bond motifs is 1. The molecular weight excluding hydrogens is 278 g/mol. The minimum atomic E-state index is -0.0105. The van der Waals surface area contributed by atoms with Gasteiger partial charge in [-0.05, 0) is 16.5 Å². The number of hydrogen-bond donors (Lipinski definition) is 1. The second-order valence-electron chi connectivity index (χ2n) is 6.51. The van der Waals surface area contributed by atoms with Crippen LogP contribution in [0.2, 0.25) is 0 Å². The molecule has 0 aliphatic rings. The van der Waals surface area contributed by atoms with Gasteiger partial charge in [-0.15, -0.1) is 11.3 Å². The molecule has 0 amide bonds. The van der Waals surface area contributed by atoms with E-state index < -0.39 is 0 Å². The summed E-state index contributed by atoms with van der Waals surface area (Å²) in [5.74, 6) is 0. The van der Waals surface area contributed by atoms with Gasteiger partial charge < -0.3 is 5.73 Å². The molecule has 21 heavy (non-hydrogen) atoms. The van der Waals surface area contributed by atoms with Gasteiger partial charge in [-0.3, -0.25) is 4.40 Å². The van der Waals surface area contributed by atoms with Crippen LogP contribution in [-0.2, 0) is 11.8 Å². The van der Waals surface area contributed by atoms with E-state index >= 15 is 0 Å². The molecule has 0 spiro atoms. The molecule has 0 bridgehead atoms. The average molecular weight is 299 g/mol. The molecule has 2 heterocycles. The molecule has 1 atom stereocenters. The van der Waals surface area contributed by atoms with Crippen LogP contribution in [-0.4, -0.2) is 9.38 Å². The Kier molecular flexibility index (Phi) is 3.59. The van der Waals surface area contributed by atoms with E-state index in [1.807, 2.05) is 11.6 Å². The molecule has 0 radical (unpaired) electrons. The molecule has 0 fully saturated rings. The summed E-state index contributed by atoms with van der Waals surface area (Å²) in [5.41, 5.74) is 10.1. The summed E-state index contributed by atoms with van der Waals surface area (Å²) >= 11 is 1.65. The summed E-state index contributed by atoms with van der Waals surface area (Å²) < 4.78 is 2.05. The minimum Gasteiger partial charge on any atom is -0.324 e. The van der Waals surface area contributed by atoms with Gasteiger partial charge in [0, 0.05) is 30.2 Å². The number of nitrogens with zero attached hydrogens (tertiary/aromatic N) is 2. The molecular formula is C17H21N3S. The Morgan fingerprint density at radius 3 is 2.57 bits per heavy atom. The molecule has 1 unspecified atom stereocenters. The first-order chi connectivity index (χ1) is 9.93. The number of rotatable bonds is 3. The third-order valence-corrected chi connectivity index (χ3v) is 4.55. The van der Waals surface area contributed by atoms with Gasteiger partial charge in [0.25, 0.3) is 0 Å². The summed E-state index contributed by atoms with van der Waals surface area (Å²) in [6.07, 6.45) is 4.86. The molecule has 1 aromatic carbocycles. The van der Waals surface area contributed by atoms with Gasteiger partial charge in [-0.1, -0.05) is 45.0 Å². The van der Waals surface area contributed by atoms with E-state index in [1.165, 1.54) is 11.1 Å². The van der Waals surface area contributed by atoms with Gasteiger partial charge in [0.05, 0.1) is 5.69 Å². The molecule has 110 valence electrons. The molecule has 2 N–H and O–H groups in total. The van der Waals surface area contributed by atoms with Gasteiger partial charge in [0.2, 0.25) is 0 Å². The van der Waals surface area contributed by atoms with E-state index in [9.17, 15) is 0 Å². The predicted octanol–water partition coefficient (Wildman–Crippen LogP) is 3.94. The maximum Gasteiger partial charge on any atom is 0.193 e. The normalized spacial score (nSPS) is 13.7. The topological polar surface area (TPSA) is 43.3 Å². The van der Waals surface area contributed by atoms with Gasteiger partial charge in [0.1, 0.15) is 0 Å². The van der Waals surface area contributed by atoms with Crippen LogP contribution in [0.5, 0.6) is 0 Å². The fraction of sp³-hybridized carbons (Fsp3) is 0.353. The lowest BCUT2D eigenvalue weighted by molar-refractivity contribution is 0.589. The van der Waals surface area contributed by atoms with Crippen LogP contribution in [0.25, 0.3) is 4.96 Å². The standard InChI is InChI=1S/C17H21N3S/c1-17(2,3)13-6-4-12(5-7-13)15(18)10-14-11-20-8-9-21-16(20)19-14/h4-9,11,15H,10,18H2,1-3H3. The molecule has 3 aromatic rings. The second kappa shape index (κ2) is 5.28. The molecule has 4 heteroatoms. The highest BCUT2D eigenvalue weighted by atomic mass is 32.1. The maximum atomic E-state index is 6.33. The number of nitrogens with two attached hydrogens (primary N) is 1. The van der Waals surface area contributed by atoms with Crippen molar-refractivity contribution < 1.29 is 0 Å². The zero-order chi connectivity index (χ0) is 15.0. The Morgan fingerprint density at radius 1 is 1.24 bits per heavy atom. The van der Waals surface area contributed by atoms with Crippen LogP contribution in [0.15, 0.2) is 42.0 Å². The van der Waals surface area contributed by atoms with E-state index in [-0.39, 0.29) is 11.5 Å². The Bertz CT molecular complexity index is 703. The number of aromatic nitrogens is 2. The zero-order valence-electron chi connectivity index (χ0n) is 12.7. The van der Waals surface area contributed by atoms with Gasteiger partial charge in [0.15, 0.2) is 4.96 Å². The van der Waals surface area contributed by atoms with Crippen LogP contribution in [0.1, 0.15) is 43.6 Å². The Labute approximate surface area is 129 Å². The molecule has 3 nitrogen and oxygen atoms in total. The summed E-state index contributed by atoms with van der Waals surface area (Å²) in [5, 5.41) is 2.04. The van der Waals surface area contributed by atoms with Crippen molar-refractivity contribution in [1.82, 2.24) is 9.38 Å². The van der Waals surface area contributed by atoms with Crippen molar-refractivity contribution in [2.45, 2.75) is 38.6 Å². The van der Waals surface area contributed by atoms with Crippen molar-refractivity contribution >= 4 is 16.3 Å². The fourth-order valence-electron chi connectivity index (χ4n) is 2.45. The Balaban J connectivity index is 1.75. The van der Waals surface area contributed by atoms with Crippen LogP contribution < -0.4 is 5.73 Å². The van der Waals surface area contributed by atoms with E-state index in [4.69, 9.17) is 5.73 Å². The zero-order valence-corrected chi connectivity index (χ0v) is 13.5. The van der Waals surface area contributed by atoms with Crippen molar-refractivity contribution in [3.63, 3.8) is 0 Å². The fourth-order valence-corrected chi connectivity index (χ4v) is 3.17. The average Bonchev–Trinajstić information content (AvgIpc) is 2.98. The second-order valence-corrected chi connectivity index (χ2v) is 7.38. The monoisotopic (exact) mass is 299 g/mol.